The lowest BCUT2D eigenvalue weighted by Gasteiger charge is -2.13. The standard InChI is InChI=1S/C15H21N3O/c1-5-13(19)8-18-15(16-9-17-18)14-7-11(3)10(2)6-12(14)4/h6-7,9,13,19H,5,8H2,1-4H3/t13-/m0/s1. The lowest BCUT2D eigenvalue weighted by molar-refractivity contribution is 0.146. The molecular formula is C15H21N3O. The molecule has 0 spiro atoms. The van der Waals surface area contributed by atoms with Gasteiger partial charge in [0, 0.05) is 5.56 Å². The zero-order valence-electron chi connectivity index (χ0n) is 12.0. The van der Waals surface area contributed by atoms with Crippen LogP contribution in [0.15, 0.2) is 18.5 Å². The number of aliphatic hydroxyl groups excluding tert-OH is 1. The maximum atomic E-state index is 9.78. The molecule has 0 aliphatic heterocycles. The highest BCUT2D eigenvalue weighted by Crippen LogP contribution is 2.24. The van der Waals surface area contributed by atoms with Crippen molar-refractivity contribution in [1.29, 1.82) is 0 Å². The fraction of sp³-hybridized carbons (Fsp3) is 0.467. The summed E-state index contributed by atoms with van der Waals surface area (Å²) in [5.74, 6) is 0.827. The number of aryl methyl sites for hydroxylation is 3. The highest BCUT2D eigenvalue weighted by Gasteiger charge is 2.13. The normalized spacial score (nSPS) is 12.7. The summed E-state index contributed by atoms with van der Waals surface area (Å²) in [6, 6.07) is 4.31. The molecule has 0 fully saturated rings. The number of aliphatic hydroxyl groups is 1. The summed E-state index contributed by atoms with van der Waals surface area (Å²) < 4.78 is 1.78. The van der Waals surface area contributed by atoms with Gasteiger partial charge in [-0.2, -0.15) is 5.10 Å². The van der Waals surface area contributed by atoms with Crippen molar-refractivity contribution in [2.24, 2.45) is 0 Å². The highest BCUT2D eigenvalue weighted by molar-refractivity contribution is 5.62. The van der Waals surface area contributed by atoms with Crippen LogP contribution in [0.5, 0.6) is 0 Å². The van der Waals surface area contributed by atoms with Gasteiger partial charge in [-0.05, 0) is 49.9 Å². The van der Waals surface area contributed by atoms with Gasteiger partial charge in [0.25, 0.3) is 0 Å². The zero-order chi connectivity index (χ0) is 14.0. The van der Waals surface area contributed by atoms with Crippen molar-refractivity contribution in [2.45, 2.75) is 46.8 Å². The van der Waals surface area contributed by atoms with E-state index in [1.54, 1.807) is 11.0 Å². The molecule has 1 aromatic carbocycles. The van der Waals surface area contributed by atoms with E-state index < -0.39 is 0 Å². The Balaban J connectivity index is 2.42. The molecule has 4 nitrogen and oxygen atoms in total. The highest BCUT2D eigenvalue weighted by atomic mass is 16.3. The topological polar surface area (TPSA) is 50.9 Å². The predicted molar refractivity (Wildman–Crippen MR) is 76.0 cm³/mol. The van der Waals surface area contributed by atoms with Gasteiger partial charge in [0.15, 0.2) is 5.82 Å². The number of aromatic nitrogens is 3. The Morgan fingerprint density at radius 3 is 2.53 bits per heavy atom. The van der Waals surface area contributed by atoms with Crippen LogP contribution in [-0.2, 0) is 6.54 Å². The average Bonchev–Trinajstić information content (AvgIpc) is 2.81. The van der Waals surface area contributed by atoms with Crippen molar-refractivity contribution in [3.05, 3.63) is 35.2 Å². The maximum Gasteiger partial charge on any atom is 0.158 e. The molecule has 0 unspecified atom stereocenters. The molecule has 102 valence electrons. The first-order valence-electron chi connectivity index (χ1n) is 6.67. The van der Waals surface area contributed by atoms with E-state index >= 15 is 0 Å². The Kier molecular flexibility index (Phi) is 4.00. The lowest BCUT2D eigenvalue weighted by atomic mass is 10.0. The van der Waals surface area contributed by atoms with Crippen LogP contribution >= 0.6 is 0 Å². The second-order valence-electron chi connectivity index (χ2n) is 5.08. The van der Waals surface area contributed by atoms with Crippen LogP contribution in [0.4, 0.5) is 0 Å². The minimum Gasteiger partial charge on any atom is -0.391 e. The summed E-state index contributed by atoms with van der Waals surface area (Å²) >= 11 is 0. The molecule has 0 amide bonds. The monoisotopic (exact) mass is 259 g/mol. The molecule has 19 heavy (non-hydrogen) atoms. The molecule has 0 bridgehead atoms. The molecule has 2 aromatic rings. The number of hydrogen-bond donors (Lipinski definition) is 1. The Hall–Kier alpha value is -1.68. The second kappa shape index (κ2) is 5.53. The summed E-state index contributed by atoms with van der Waals surface area (Å²) in [6.07, 6.45) is 1.88. The summed E-state index contributed by atoms with van der Waals surface area (Å²) in [4.78, 5) is 4.35. The van der Waals surface area contributed by atoms with Crippen LogP contribution in [0.25, 0.3) is 11.4 Å². The number of nitrogens with zero attached hydrogens (tertiary/aromatic N) is 3. The lowest BCUT2D eigenvalue weighted by Crippen LogP contribution is -2.16. The van der Waals surface area contributed by atoms with Gasteiger partial charge in [-0.25, -0.2) is 9.67 Å². The Morgan fingerprint density at radius 1 is 1.16 bits per heavy atom. The summed E-state index contributed by atoms with van der Waals surface area (Å²) in [5.41, 5.74) is 4.79. The van der Waals surface area contributed by atoms with Crippen molar-refractivity contribution in [2.75, 3.05) is 0 Å². The third-order valence-electron chi connectivity index (χ3n) is 3.55. The minimum absolute atomic E-state index is 0.382. The van der Waals surface area contributed by atoms with E-state index in [1.807, 2.05) is 6.92 Å². The average molecular weight is 259 g/mol. The van der Waals surface area contributed by atoms with Crippen molar-refractivity contribution in [3.8, 4) is 11.4 Å². The van der Waals surface area contributed by atoms with Gasteiger partial charge in [-0.3, -0.25) is 0 Å². The Morgan fingerprint density at radius 2 is 1.84 bits per heavy atom. The molecule has 1 atom stereocenters. The van der Waals surface area contributed by atoms with Gasteiger partial charge < -0.3 is 5.11 Å². The predicted octanol–water partition coefficient (Wildman–Crippen LogP) is 2.64. The van der Waals surface area contributed by atoms with Gasteiger partial charge >= 0.3 is 0 Å². The van der Waals surface area contributed by atoms with E-state index in [4.69, 9.17) is 0 Å². The number of rotatable bonds is 4. The number of benzene rings is 1. The first-order valence-corrected chi connectivity index (χ1v) is 6.67. The second-order valence-corrected chi connectivity index (χ2v) is 5.08. The van der Waals surface area contributed by atoms with Crippen LogP contribution in [-0.4, -0.2) is 26.0 Å². The van der Waals surface area contributed by atoms with Crippen LogP contribution in [0.3, 0.4) is 0 Å². The fourth-order valence-corrected chi connectivity index (χ4v) is 2.14. The number of hydrogen-bond acceptors (Lipinski definition) is 3. The van der Waals surface area contributed by atoms with Gasteiger partial charge in [0.2, 0.25) is 0 Å². The minimum atomic E-state index is -0.382. The third-order valence-corrected chi connectivity index (χ3v) is 3.55. The molecule has 0 saturated heterocycles. The summed E-state index contributed by atoms with van der Waals surface area (Å²) in [5, 5.41) is 14.0. The van der Waals surface area contributed by atoms with E-state index in [0.717, 1.165) is 11.4 Å². The fourth-order valence-electron chi connectivity index (χ4n) is 2.14. The van der Waals surface area contributed by atoms with Gasteiger partial charge in [0.05, 0.1) is 12.6 Å². The van der Waals surface area contributed by atoms with E-state index in [0.29, 0.717) is 13.0 Å². The third kappa shape index (κ3) is 2.84. The smallest absolute Gasteiger partial charge is 0.158 e. The van der Waals surface area contributed by atoms with E-state index in [9.17, 15) is 5.11 Å². The first kappa shape index (κ1) is 13.7. The molecule has 0 radical (unpaired) electrons. The molecule has 0 aliphatic rings. The van der Waals surface area contributed by atoms with Crippen LogP contribution in [0.1, 0.15) is 30.0 Å². The van der Waals surface area contributed by atoms with Crippen LogP contribution in [0.2, 0.25) is 0 Å². The van der Waals surface area contributed by atoms with E-state index in [-0.39, 0.29) is 6.10 Å². The summed E-state index contributed by atoms with van der Waals surface area (Å²) in [7, 11) is 0. The molecule has 1 heterocycles. The molecule has 1 aromatic heterocycles. The molecule has 0 aliphatic carbocycles. The van der Waals surface area contributed by atoms with Gasteiger partial charge in [-0.15, -0.1) is 0 Å². The van der Waals surface area contributed by atoms with Gasteiger partial charge in [-0.1, -0.05) is 13.0 Å². The molecule has 0 saturated carbocycles. The van der Waals surface area contributed by atoms with Crippen molar-refractivity contribution < 1.29 is 5.11 Å². The Labute approximate surface area is 114 Å². The maximum absolute atomic E-state index is 9.78. The molecule has 4 heteroatoms. The molecule has 2 rings (SSSR count). The van der Waals surface area contributed by atoms with Crippen molar-refractivity contribution >= 4 is 0 Å². The van der Waals surface area contributed by atoms with Gasteiger partial charge in [0.1, 0.15) is 6.33 Å². The van der Waals surface area contributed by atoms with E-state index in [2.05, 4.69) is 43.0 Å². The van der Waals surface area contributed by atoms with Crippen LogP contribution in [0, 0.1) is 20.8 Å². The van der Waals surface area contributed by atoms with Crippen molar-refractivity contribution in [3.63, 3.8) is 0 Å². The molecule has 1 N–H and O–H groups in total. The zero-order valence-corrected chi connectivity index (χ0v) is 12.0. The largest absolute Gasteiger partial charge is 0.391 e. The summed E-state index contributed by atoms with van der Waals surface area (Å²) in [6.45, 7) is 8.73. The Bertz CT molecular complexity index is 575. The molecular weight excluding hydrogens is 238 g/mol. The quantitative estimate of drug-likeness (QED) is 0.918. The van der Waals surface area contributed by atoms with Crippen molar-refractivity contribution in [1.82, 2.24) is 14.8 Å². The first-order chi connectivity index (χ1) is 9.02. The van der Waals surface area contributed by atoms with Crippen LogP contribution < -0.4 is 0 Å². The van der Waals surface area contributed by atoms with E-state index in [1.165, 1.54) is 16.7 Å². The SMILES string of the molecule is CC[C@H](O)Cn1ncnc1-c1cc(C)c(C)cc1C.